The average Bonchev–Trinajstić information content (AvgIpc) is 3.36. The van der Waals surface area contributed by atoms with E-state index in [0.717, 1.165) is 43.3 Å². The molecular weight excluding hydrogens is 378 g/mol. The number of rotatable bonds is 4. The topological polar surface area (TPSA) is 90.5 Å². The lowest BCUT2D eigenvalue weighted by atomic mass is 9.50. The van der Waals surface area contributed by atoms with Crippen molar-refractivity contribution in [1.29, 1.82) is 0 Å². The van der Waals surface area contributed by atoms with Crippen molar-refractivity contribution in [2.45, 2.75) is 69.5 Å². The van der Waals surface area contributed by atoms with Gasteiger partial charge in [-0.05, 0) is 70.3 Å². The summed E-state index contributed by atoms with van der Waals surface area (Å²) in [4.78, 5) is 26.5. The molecule has 8 heteroatoms. The van der Waals surface area contributed by atoms with Crippen molar-refractivity contribution in [3.05, 3.63) is 36.8 Å². The van der Waals surface area contributed by atoms with Crippen LogP contribution in [-0.4, -0.2) is 40.7 Å². The van der Waals surface area contributed by atoms with E-state index in [0.29, 0.717) is 17.4 Å². The molecule has 4 bridgehead atoms. The summed E-state index contributed by atoms with van der Waals surface area (Å²) in [6, 6.07) is 2.15. The highest BCUT2D eigenvalue weighted by molar-refractivity contribution is 5.96. The largest absolute Gasteiger partial charge is 0.346 e. The fourth-order valence-electron chi connectivity index (χ4n) is 6.82. The van der Waals surface area contributed by atoms with Crippen molar-refractivity contribution in [1.82, 2.24) is 34.6 Å². The molecule has 0 aromatic carbocycles. The van der Waals surface area contributed by atoms with E-state index in [1.54, 1.807) is 18.9 Å². The van der Waals surface area contributed by atoms with Crippen LogP contribution >= 0.6 is 0 Å². The van der Waals surface area contributed by atoms with E-state index in [1.165, 1.54) is 6.42 Å². The molecule has 8 nitrogen and oxygen atoms in total. The molecular formula is C22H27N7O. The van der Waals surface area contributed by atoms with Crippen LogP contribution in [-0.2, 0) is 5.54 Å². The Morgan fingerprint density at radius 3 is 2.67 bits per heavy atom. The number of carbonyl (C=O) groups is 1. The summed E-state index contributed by atoms with van der Waals surface area (Å²) in [6.07, 6.45) is 13.6. The third kappa shape index (κ3) is 2.62. The highest BCUT2D eigenvalue weighted by atomic mass is 16.1. The lowest BCUT2D eigenvalue weighted by molar-refractivity contribution is -0.0744. The first-order valence-corrected chi connectivity index (χ1v) is 11.0. The number of hydrogen-bond donors (Lipinski definition) is 1. The van der Waals surface area contributed by atoms with Gasteiger partial charge < -0.3 is 9.88 Å². The van der Waals surface area contributed by atoms with Gasteiger partial charge in [-0.25, -0.2) is 19.6 Å². The molecule has 3 heterocycles. The normalized spacial score (nSPS) is 32.2. The quantitative estimate of drug-likeness (QED) is 0.720. The molecule has 0 spiro atoms. The molecule has 3 aromatic rings. The molecule has 156 valence electrons. The Bertz CT molecular complexity index is 1100. The number of amides is 1. The summed E-state index contributed by atoms with van der Waals surface area (Å²) in [5.74, 6) is 1.23. The minimum atomic E-state index is -0.167. The second-order valence-electron chi connectivity index (χ2n) is 10.1. The van der Waals surface area contributed by atoms with Crippen molar-refractivity contribution in [3.8, 4) is 0 Å². The number of fused-ring (bicyclic) bond motifs is 1. The molecule has 3 aromatic heterocycles. The molecule has 30 heavy (non-hydrogen) atoms. The van der Waals surface area contributed by atoms with Crippen LogP contribution in [0.5, 0.6) is 0 Å². The van der Waals surface area contributed by atoms with Crippen LogP contribution in [0.1, 0.15) is 68.8 Å². The van der Waals surface area contributed by atoms with Crippen LogP contribution in [0.3, 0.4) is 0 Å². The smallest absolute Gasteiger partial charge is 0.253 e. The van der Waals surface area contributed by atoms with Crippen molar-refractivity contribution < 1.29 is 4.79 Å². The maximum Gasteiger partial charge on any atom is 0.253 e. The van der Waals surface area contributed by atoms with Gasteiger partial charge in [0.1, 0.15) is 18.2 Å². The SMILES string of the molecule is CC(C)n1cnc2cc(C(=O)NC34CC5CC(C3)CC(n3cncn3)(C5)C4)cnc21. The van der Waals surface area contributed by atoms with Gasteiger partial charge in [0.05, 0.1) is 17.4 Å². The molecule has 0 radical (unpaired) electrons. The van der Waals surface area contributed by atoms with Gasteiger partial charge in [0.25, 0.3) is 5.91 Å². The molecule has 0 aliphatic heterocycles. The molecule has 1 amide bonds. The molecule has 7 rings (SSSR count). The van der Waals surface area contributed by atoms with Gasteiger partial charge in [-0.3, -0.25) is 4.79 Å². The van der Waals surface area contributed by atoms with Crippen molar-refractivity contribution in [3.63, 3.8) is 0 Å². The minimum Gasteiger partial charge on any atom is -0.346 e. The van der Waals surface area contributed by atoms with Crippen LogP contribution < -0.4 is 5.32 Å². The van der Waals surface area contributed by atoms with E-state index in [9.17, 15) is 4.79 Å². The van der Waals surface area contributed by atoms with Crippen LogP contribution in [0.4, 0.5) is 0 Å². The Labute approximate surface area is 175 Å². The Morgan fingerprint density at radius 1 is 1.17 bits per heavy atom. The second kappa shape index (κ2) is 6.12. The Kier molecular flexibility index (Phi) is 3.68. The number of nitrogens with zero attached hydrogens (tertiary/aromatic N) is 6. The third-order valence-electron chi connectivity index (χ3n) is 7.55. The zero-order chi connectivity index (χ0) is 20.5. The summed E-state index contributed by atoms with van der Waals surface area (Å²) in [7, 11) is 0. The van der Waals surface area contributed by atoms with Crippen LogP contribution in [0.25, 0.3) is 11.2 Å². The van der Waals surface area contributed by atoms with Crippen LogP contribution in [0, 0.1) is 11.8 Å². The van der Waals surface area contributed by atoms with Gasteiger partial charge in [0, 0.05) is 17.8 Å². The number of hydrogen-bond acceptors (Lipinski definition) is 5. The molecule has 2 atom stereocenters. The van der Waals surface area contributed by atoms with Crippen molar-refractivity contribution in [2.75, 3.05) is 0 Å². The van der Waals surface area contributed by atoms with Gasteiger partial charge in [0.15, 0.2) is 5.65 Å². The first kappa shape index (κ1) is 18.0. The summed E-state index contributed by atoms with van der Waals surface area (Å²) in [6.45, 7) is 4.20. The third-order valence-corrected chi connectivity index (χ3v) is 7.55. The van der Waals surface area contributed by atoms with E-state index < -0.39 is 0 Å². The van der Waals surface area contributed by atoms with Crippen LogP contribution in [0.15, 0.2) is 31.2 Å². The number of pyridine rings is 1. The molecule has 4 fully saturated rings. The minimum absolute atomic E-state index is 0.00783. The lowest BCUT2D eigenvalue weighted by Gasteiger charge is -2.61. The second-order valence-corrected chi connectivity index (χ2v) is 10.1. The standard InChI is InChI=1S/C22H27N7O/c1-14(2)28-13-25-18-4-17(9-24-19(18)28)20(30)27-21-5-15-3-16(6-21)8-22(7-15,10-21)29-12-23-11-26-29/h4,9,11-16H,3,5-8,10H2,1-2H3,(H,27,30). The first-order valence-electron chi connectivity index (χ1n) is 11.0. The summed E-state index contributed by atoms with van der Waals surface area (Å²) < 4.78 is 4.09. The summed E-state index contributed by atoms with van der Waals surface area (Å²) in [5.41, 5.74) is 2.00. The highest BCUT2D eigenvalue weighted by Crippen LogP contribution is 2.60. The number of carbonyl (C=O) groups excluding carboxylic acids is 1. The number of aromatic nitrogens is 6. The molecule has 4 aliphatic rings. The summed E-state index contributed by atoms with van der Waals surface area (Å²) in [5, 5.41) is 7.94. The lowest BCUT2D eigenvalue weighted by Crippen LogP contribution is -2.65. The van der Waals surface area contributed by atoms with Crippen molar-refractivity contribution >= 4 is 17.1 Å². The van der Waals surface area contributed by atoms with Crippen LogP contribution in [0.2, 0.25) is 0 Å². The van der Waals surface area contributed by atoms with E-state index in [2.05, 4.69) is 43.9 Å². The predicted octanol–water partition coefficient (Wildman–Crippen LogP) is 3.08. The first-order chi connectivity index (χ1) is 14.5. The monoisotopic (exact) mass is 405 g/mol. The maximum absolute atomic E-state index is 13.3. The fourth-order valence-corrected chi connectivity index (χ4v) is 6.82. The fraction of sp³-hybridized carbons (Fsp3) is 0.591. The number of imidazole rings is 1. The Balaban J connectivity index is 1.30. The van der Waals surface area contributed by atoms with E-state index >= 15 is 0 Å². The van der Waals surface area contributed by atoms with Gasteiger partial charge in [-0.1, -0.05) is 0 Å². The highest BCUT2D eigenvalue weighted by Gasteiger charge is 2.59. The van der Waals surface area contributed by atoms with E-state index in [1.807, 2.05) is 17.0 Å². The zero-order valence-electron chi connectivity index (χ0n) is 17.5. The number of nitrogens with one attached hydrogen (secondary N) is 1. The van der Waals surface area contributed by atoms with Gasteiger partial charge >= 0.3 is 0 Å². The van der Waals surface area contributed by atoms with E-state index in [4.69, 9.17) is 0 Å². The predicted molar refractivity (Wildman–Crippen MR) is 111 cm³/mol. The molecule has 4 saturated carbocycles. The Morgan fingerprint density at radius 2 is 1.97 bits per heavy atom. The Hall–Kier alpha value is -2.77. The van der Waals surface area contributed by atoms with Gasteiger partial charge in [0.2, 0.25) is 0 Å². The zero-order valence-corrected chi connectivity index (χ0v) is 17.5. The van der Waals surface area contributed by atoms with Gasteiger partial charge in [-0.2, -0.15) is 5.10 Å². The van der Waals surface area contributed by atoms with Gasteiger partial charge in [-0.15, -0.1) is 0 Å². The molecule has 4 aliphatic carbocycles. The maximum atomic E-state index is 13.3. The summed E-state index contributed by atoms with van der Waals surface area (Å²) >= 11 is 0. The molecule has 1 N–H and O–H groups in total. The van der Waals surface area contributed by atoms with E-state index in [-0.39, 0.29) is 23.0 Å². The molecule has 0 saturated heterocycles. The van der Waals surface area contributed by atoms with Crippen molar-refractivity contribution in [2.24, 2.45) is 11.8 Å². The average molecular weight is 406 g/mol. The molecule has 2 unspecified atom stereocenters.